The van der Waals surface area contributed by atoms with E-state index in [2.05, 4.69) is 74.2 Å². The summed E-state index contributed by atoms with van der Waals surface area (Å²) < 4.78 is 35.1. The predicted octanol–water partition coefficient (Wildman–Crippen LogP) is 7.41. The van der Waals surface area contributed by atoms with Crippen LogP contribution in [0.5, 0.6) is 5.75 Å². The summed E-state index contributed by atoms with van der Waals surface area (Å²) in [4.78, 5) is 21.9. The lowest BCUT2D eigenvalue weighted by atomic mass is 9.75. The molecule has 4 aliphatic heterocycles. The summed E-state index contributed by atoms with van der Waals surface area (Å²) in [7, 11) is 0. The number of para-hydroxylation sites is 1. The average molecular weight is 800 g/mol. The molecule has 0 spiro atoms. The fraction of sp³-hybridized carbons (Fsp3) is 0.426. The first-order valence-corrected chi connectivity index (χ1v) is 21.0. The number of fused-ring (bicyclic) bond motifs is 1. The summed E-state index contributed by atoms with van der Waals surface area (Å²) in [5, 5.41) is 23.0. The highest BCUT2D eigenvalue weighted by atomic mass is 19.1. The lowest BCUT2D eigenvalue weighted by Gasteiger charge is -2.42. The van der Waals surface area contributed by atoms with Crippen LogP contribution >= 0.6 is 0 Å². The molecule has 0 aliphatic carbocycles. The molecular formula is C47H56FN9O2. The third kappa shape index (κ3) is 7.88. The van der Waals surface area contributed by atoms with Crippen molar-refractivity contribution in [3.05, 3.63) is 108 Å². The number of anilines is 3. The third-order valence-electron chi connectivity index (χ3n) is 13.2. The van der Waals surface area contributed by atoms with Gasteiger partial charge in [-0.3, -0.25) is 10.1 Å². The van der Waals surface area contributed by atoms with Gasteiger partial charge in [0.2, 0.25) is 0 Å². The number of nitrogens with zero attached hydrogens (tertiary/aromatic N) is 7. The number of rotatable bonds is 8. The Morgan fingerprint density at radius 2 is 1.78 bits per heavy atom. The molecule has 4 aliphatic rings. The lowest BCUT2D eigenvalue weighted by molar-refractivity contribution is 0.0158. The van der Waals surface area contributed by atoms with Crippen LogP contribution in [-0.2, 0) is 5.41 Å². The molecule has 4 N–H and O–H groups in total. The quantitative estimate of drug-likeness (QED) is 0.148. The molecule has 5 aromatic rings. The number of hydrogen-bond donors (Lipinski definition) is 3. The number of carbonyl (C=O) groups is 1. The molecule has 3 fully saturated rings. The molecule has 9 rings (SSSR count). The molecular weight excluding hydrogens is 742 g/mol. The molecule has 308 valence electrons. The molecule has 0 bridgehead atoms. The number of aromatic nitrogens is 3. The van der Waals surface area contributed by atoms with Crippen LogP contribution in [-0.4, -0.2) is 100 Å². The van der Waals surface area contributed by atoms with Crippen molar-refractivity contribution >= 4 is 34.0 Å². The van der Waals surface area contributed by atoms with E-state index in [1.54, 1.807) is 18.2 Å². The van der Waals surface area contributed by atoms with E-state index in [1.165, 1.54) is 11.1 Å². The van der Waals surface area contributed by atoms with E-state index < -0.39 is 18.8 Å². The molecule has 3 aromatic carbocycles. The van der Waals surface area contributed by atoms with Crippen LogP contribution in [0.2, 0.25) is 0 Å². The fourth-order valence-electron chi connectivity index (χ4n) is 9.76. The first kappa shape index (κ1) is 36.6. The van der Waals surface area contributed by atoms with E-state index >= 15 is 4.39 Å². The molecule has 11 nitrogen and oxygen atoms in total. The second-order valence-electron chi connectivity index (χ2n) is 17.3. The fourth-order valence-corrected chi connectivity index (χ4v) is 9.76. The van der Waals surface area contributed by atoms with E-state index in [-0.39, 0.29) is 17.1 Å². The average Bonchev–Trinajstić information content (AvgIpc) is 3.59. The van der Waals surface area contributed by atoms with Crippen LogP contribution in [0.4, 0.5) is 21.6 Å². The zero-order chi connectivity index (χ0) is 42.5. The van der Waals surface area contributed by atoms with Gasteiger partial charge >= 0.3 is 0 Å². The first-order chi connectivity index (χ1) is 29.4. The molecule has 12 heteroatoms. The van der Waals surface area contributed by atoms with Crippen LogP contribution < -0.4 is 20.9 Å². The highest BCUT2D eigenvalue weighted by molar-refractivity contribution is 5.94. The molecule has 2 unspecified atom stereocenters. The van der Waals surface area contributed by atoms with Gasteiger partial charge in [-0.15, -0.1) is 10.2 Å². The molecule has 0 radical (unpaired) electrons. The van der Waals surface area contributed by atoms with Gasteiger partial charge in [0.25, 0.3) is 5.91 Å². The van der Waals surface area contributed by atoms with E-state index in [9.17, 15) is 9.90 Å². The van der Waals surface area contributed by atoms with Crippen LogP contribution in [0.25, 0.3) is 22.2 Å². The van der Waals surface area contributed by atoms with Crippen molar-refractivity contribution < 1.29 is 17.0 Å². The minimum atomic E-state index is -1.33. The number of amides is 1. The minimum Gasteiger partial charge on any atom is -0.507 e. The molecule has 3 saturated heterocycles. The highest BCUT2D eigenvalue weighted by Crippen LogP contribution is 2.39. The monoisotopic (exact) mass is 799 g/mol. The van der Waals surface area contributed by atoms with Crippen molar-refractivity contribution in [1.29, 1.82) is 0 Å². The molecule has 0 saturated carbocycles. The lowest BCUT2D eigenvalue weighted by Crippen LogP contribution is -2.51. The zero-order valence-electron chi connectivity index (χ0n) is 36.0. The molecule has 2 aromatic heterocycles. The van der Waals surface area contributed by atoms with E-state index in [1.807, 2.05) is 52.4 Å². The maximum absolute atomic E-state index is 16.4. The summed E-state index contributed by atoms with van der Waals surface area (Å²) in [5.74, 6) is 0.433. The zero-order valence-corrected chi connectivity index (χ0v) is 34.0. The Bertz CT molecular complexity index is 2430. The van der Waals surface area contributed by atoms with Crippen molar-refractivity contribution in [2.24, 2.45) is 0 Å². The second kappa shape index (κ2) is 16.0. The Morgan fingerprint density at radius 1 is 1.00 bits per heavy atom. The number of likely N-dealkylation sites (tertiary alicyclic amines) is 2. The van der Waals surface area contributed by atoms with Gasteiger partial charge in [0.05, 0.1) is 19.4 Å². The topological polar surface area (TPSA) is 119 Å². The number of nitrogens with two attached hydrogens (primary N) is 1. The first-order valence-electron chi connectivity index (χ1n) is 22.2. The number of halogens is 1. The Labute approximate surface area is 349 Å². The highest BCUT2D eigenvalue weighted by Gasteiger charge is 2.39. The summed E-state index contributed by atoms with van der Waals surface area (Å²) in [6.07, 6.45) is 10.3. The number of aromatic hydroxyl groups is 1. The number of benzene rings is 3. The smallest absolute Gasteiger partial charge is 0.253 e. The number of carbonyl (C=O) groups excluding carboxylic acids is 1. The van der Waals surface area contributed by atoms with E-state index in [0.717, 1.165) is 67.6 Å². The number of phenolic OH excluding ortho intramolecular Hbond substituents is 1. The standard InChI is InChI=1S/C47H56FN9O2/c1-33-29-57(41-14-13-37(27-39(33)41)56-22-6-20-50-32-56)36-15-23-53(24-16-36)31-47(48)18-25-54(26-19-47)45(59)34-9-11-35(12-10-34)46(2)17-5-21-55(30-46)42-28-40(51-52-44(42)49)38-7-3-4-8-43(38)58/h3-4,6-14,22,27-29,36,50,58H,5,15-21,23-26,30-32H2,1-2H3,(H2,49,52)/i20D,32D/t20?,32-,46?/m1/s1. The van der Waals surface area contributed by atoms with Crippen LogP contribution in [0.3, 0.4) is 0 Å². The van der Waals surface area contributed by atoms with Crippen molar-refractivity contribution in [2.75, 3.05) is 74.5 Å². The third-order valence-corrected chi connectivity index (χ3v) is 13.2. The Hall–Kier alpha value is -5.46. The number of phenols is 1. The number of aryl methyl sites for hydroxylation is 1. The Balaban J connectivity index is 0.780. The van der Waals surface area contributed by atoms with E-state index in [4.69, 9.17) is 8.48 Å². The van der Waals surface area contributed by atoms with Gasteiger partial charge in [0.15, 0.2) is 5.82 Å². The van der Waals surface area contributed by atoms with Crippen molar-refractivity contribution in [1.82, 2.24) is 29.9 Å². The predicted molar refractivity (Wildman–Crippen MR) is 234 cm³/mol. The number of nitrogen functional groups attached to an aromatic ring is 1. The maximum atomic E-state index is 16.4. The van der Waals surface area contributed by atoms with Crippen LogP contribution in [0, 0.1) is 6.92 Å². The van der Waals surface area contributed by atoms with Gasteiger partial charge in [-0.05, 0) is 92.3 Å². The van der Waals surface area contributed by atoms with Gasteiger partial charge in [-0.2, -0.15) is 0 Å². The van der Waals surface area contributed by atoms with Gasteiger partial charge in [-0.25, -0.2) is 4.39 Å². The van der Waals surface area contributed by atoms with E-state index in [0.29, 0.717) is 67.7 Å². The van der Waals surface area contributed by atoms with Gasteiger partial charge in [0.1, 0.15) is 11.4 Å². The van der Waals surface area contributed by atoms with Crippen molar-refractivity contribution in [3.63, 3.8) is 0 Å². The summed E-state index contributed by atoms with van der Waals surface area (Å²) in [6, 6.07) is 23.6. The Morgan fingerprint density at radius 3 is 2.54 bits per heavy atom. The van der Waals surface area contributed by atoms with Gasteiger partial charge in [0, 0.05) is 118 Å². The number of piperidine rings is 3. The summed E-state index contributed by atoms with van der Waals surface area (Å²) in [5.41, 5.74) is 11.8. The van der Waals surface area contributed by atoms with Crippen LogP contribution in [0.15, 0.2) is 91.3 Å². The largest absolute Gasteiger partial charge is 0.507 e. The van der Waals surface area contributed by atoms with Gasteiger partial charge < -0.3 is 35.0 Å². The van der Waals surface area contributed by atoms with Crippen LogP contribution in [0.1, 0.15) is 75.7 Å². The normalized spacial score (nSPS) is 24.6. The summed E-state index contributed by atoms with van der Waals surface area (Å²) in [6.45, 7) is 7.45. The molecule has 1 amide bonds. The summed E-state index contributed by atoms with van der Waals surface area (Å²) >= 11 is 0. The second-order valence-corrected chi connectivity index (χ2v) is 17.3. The number of nitrogens with one attached hydrogen (secondary N) is 1. The molecule has 6 heterocycles. The number of alkyl halides is 1. The van der Waals surface area contributed by atoms with Crippen molar-refractivity contribution in [3.8, 4) is 17.0 Å². The molecule has 3 atom stereocenters. The van der Waals surface area contributed by atoms with Gasteiger partial charge in [-0.1, -0.05) is 37.3 Å². The molecule has 59 heavy (non-hydrogen) atoms. The Kier molecular flexibility index (Phi) is 9.90. The number of hydrogen-bond acceptors (Lipinski definition) is 9. The minimum absolute atomic E-state index is 0.0522. The maximum Gasteiger partial charge on any atom is 0.253 e. The SMILES string of the molecule is [2H]C1C=CN(c2ccc3c(c2)c(C)cn3C2CCN(CC3(F)CCN(C(=O)c4ccc(C5(C)CCCN(c6cc(-c7ccccc7O)nnc6N)C5)cc4)CC3)CC2)[C@H]([2H])N1. The van der Waals surface area contributed by atoms with Crippen molar-refractivity contribution in [2.45, 2.75) is 69.5 Å².